The first-order valence-electron chi connectivity index (χ1n) is 9.68. The minimum absolute atomic E-state index is 0.118. The number of ether oxygens (including phenoxy) is 1. The molecule has 3 aliphatic rings. The van der Waals surface area contributed by atoms with Gasteiger partial charge in [-0.2, -0.15) is 0 Å². The summed E-state index contributed by atoms with van der Waals surface area (Å²) in [7, 11) is 1.58. The third-order valence-electron chi connectivity index (χ3n) is 6.21. The molecule has 2 aromatic rings. The van der Waals surface area contributed by atoms with Gasteiger partial charge in [0.25, 0.3) is 5.91 Å². The van der Waals surface area contributed by atoms with E-state index in [4.69, 9.17) is 4.74 Å². The third kappa shape index (κ3) is 2.75. The van der Waals surface area contributed by atoms with Crippen molar-refractivity contribution in [2.75, 3.05) is 17.3 Å². The van der Waals surface area contributed by atoms with Crippen LogP contribution in [0.3, 0.4) is 0 Å². The Kier molecular flexibility index (Phi) is 4.01. The standard InChI is InChI=1S/C23H20N2O4/c1-29-18-10-6-16(7-11-18)24-21(26)13-4-8-17(9-5-13)25-22(27)19-14-2-3-15(12-14)20(19)23(25)28/h2-11,14-15,19-20H,12H2,1H3,(H,24,26)/t14-,15+,19+,20-. The fourth-order valence-corrected chi connectivity index (χ4v) is 4.80. The highest BCUT2D eigenvalue weighted by atomic mass is 16.5. The lowest BCUT2D eigenvalue weighted by molar-refractivity contribution is -0.123. The molecule has 2 fully saturated rings. The zero-order valence-electron chi connectivity index (χ0n) is 15.9. The molecule has 2 aliphatic carbocycles. The summed E-state index contributed by atoms with van der Waals surface area (Å²) in [4.78, 5) is 39.5. The number of amides is 3. The first-order chi connectivity index (χ1) is 14.1. The lowest BCUT2D eigenvalue weighted by atomic mass is 9.85. The maximum Gasteiger partial charge on any atom is 0.255 e. The van der Waals surface area contributed by atoms with Crippen molar-refractivity contribution in [3.8, 4) is 5.75 Å². The first-order valence-corrected chi connectivity index (χ1v) is 9.68. The van der Waals surface area contributed by atoms with Gasteiger partial charge in [-0.05, 0) is 66.8 Å². The summed E-state index contributed by atoms with van der Waals surface area (Å²) in [6, 6.07) is 13.6. The van der Waals surface area contributed by atoms with E-state index in [2.05, 4.69) is 17.5 Å². The number of benzene rings is 2. The Morgan fingerprint density at radius 2 is 1.52 bits per heavy atom. The lowest BCUT2D eigenvalue weighted by Gasteiger charge is -2.17. The zero-order chi connectivity index (χ0) is 20.1. The summed E-state index contributed by atoms with van der Waals surface area (Å²) in [6.07, 6.45) is 5.06. The maximum absolute atomic E-state index is 12.9. The van der Waals surface area contributed by atoms with E-state index < -0.39 is 0 Å². The van der Waals surface area contributed by atoms with Gasteiger partial charge in [0.05, 0.1) is 24.6 Å². The van der Waals surface area contributed by atoms with Crippen LogP contribution in [0, 0.1) is 23.7 Å². The van der Waals surface area contributed by atoms with Gasteiger partial charge in [0.15, 0.2) is 0 Å². The fourth-order valence-electron chi connectivity index (χ4n) is 4.80. The summed E-state index contributed by atoms with van der Waals surface area (Å²) in [5, 5.41) is 2.82. The molecule has 4 atom stereocenters. The first kappa shape index (κ1) is 17.7. The monoisotopic (exact) mass is 388 g/mol. The van der Waals surface area contributed by atoms with Crippen molar-refractivity contribution in [1.29, 1.82) is 0 Å². The van der Waals surface area contributed by atoms with Crippen molar-refractivity contribution in [2.45, 2.75) is 6.42 Å². The molecule has 0 spiro atoms. The predicted molar refractivity (Wildman–Crippen MR) is 108 cm³/mol. The SMILES string of the molecule is COc1ccc(NC(=O)c2ccc(N3C(=O)[C@@H]4[C@H](C3=O)[C@H]3C=C[C@@H]4C3)cc2)cc1. The summed E-state index contributed by atoms with van der Waals surface area (Å²) in [5.41, 5.74) is 1.63. The number of nitrogens with one attached hydrogen (secondary N) is 1. The van der Waals surface area contributed by atoms with E-state index in [1.54, 1.807) is 55.6 Å². The van der Waals surface area contributed by atoms with Gasteiger partial charge in [0.1, 0.15) is 5.75 Å². The van der Waals surface area contributed by atoms with Gasteiger partial charge in [0.2, 0.25) is 11.8 Å². The van der Waals surface area contributed by atoms with Crippen molar-refractivity contribution in [2.24, 2.45) is 23.7 Å². The Hall–Kier alpha value is -3.41. The average molecular weight is 388 g/mol. The molecule has 2 bridgehead atoms. The number of hydrogen-bond donors (Lipinski definition) is 1. The summed E-state index contributed by atoms with van der Waals surface area (Å²) in [6.45, 7) is 0. The summed E-state index contributed by atoms with van der Waals surface area (Å²) in [5.74, 6) is 0.119. The minimum atomic E-state index is -0.264. The number of imide groups is 1. The highest BCUT2D eigenvalue weighted by Crippen LogP contribution is 2.53. The quantitative estimate of drug-likeness (QED) is 0.644. The molecular formula is C23H20N2O4. The van der Waals surface area contributed by atoms with E-state index in [-0.39, 0.29) is 41.4 Å². The van der Waals surface area contributed by atoms with Crippen molar-refractivity contribution in [1.82, 2.24) is 0 Å². The minimum Gasteiger partial charge on any atom is -0.497 e. The molecule has 0 unspecified atom stereocenters. The van der Waals surface area contributed by atoms with E-state index >= 15 is 0 Å². The van der Waals surface area contributed by atoms with Crippen LogP contribution in [0.5, 0.6) is 5.75 Å². The van der Waals surface area contributed by atoms with Gasteiger partial charge in [-0.15, -0.1) is 0 Å². The van der Waals surface area contributed by atoms with E-state index in [1.165, 1.54) is 4.90 Å². The van der Waals surface area contributed by atoms with Crippen molar-refractivity contribution < 1.29 is 19.1 Å². The number of fused-ring (bicyclic) bond motifs is 5. The van der Waals surface area contributed by atoms with Gasteiger partial charge in [0, 0.05) is 11.3 Å². The number of hydrogen-bond acceptors (Lipinski definition) is 4. The largest absolute Gasteiger partial charge is 0.497 e. The predicted octanol–water partition coefficient (Wildman–Crippen LogP) is 3.26. The zero-order valence-corrected chi connectivity index (χ0v) is 15.9. The van der Waals surface area contributed by atoms with E-state index in [0.29, 0.717) is 22.7 Å². The summed E-state index contributed by atoms with van der Waals surface area (Å²) < 4.78 is 5.11. The smallest absolute Gasteiger partial charge is 0.255 e. The van der Waals surface area contributed by atoms with Crippen LogP contribution < -0.4 is 15.0 Å². The number of carbonyl (C=O) groups excluding carboxylic acids is 3. The number of allylic oxidation sites excluding steroid dienone is 2. The molecule has 3 amide bonds. The van der Waals surface area contributed by atoms with E-state index in [9.17, 15) is 14.4 Å². The third-order valence-corrected chi connectivity index (χ3v) is 6.21. The van der Waals surface area contributed by atoms with Gasteiger partial charge >= 0.3 is 0 Å². The normalized spacial score (nSPS) is 26.7. The van der Waals surface area contributed by atoms with Gasteiger partial charge in [-0.1, -0.05) is 12.2 Å². The highest BCUT2D eigenvalue weighted by molar-refractivity contribution is 6.23. The Balaban J connectivity index is 1.32. The van der Waals surface area contributed by atoms with Crippen molar-refractivity contribution >= 4 is 29.1 Å². The molecule has 146 valence electrons. The Labute approximate surface area is 168 Å². The maximum atomic E-state index is 12.9. The van der Waals surface area contributed by atoms with E-state index in [0.717, 1.165) is 6.42 Å². The number of methoxy groups -OCH3 is 1. The van der Waals surface area contributed by atoms with Gasteiger partial charge < -0.3 is 10.1 Å². The number of nitrogens with zero attached hydrogens (tertiary/aromatic N) is 1. The van der Waals surface area contributed by atoms with Crippen molar-refractivity contribution in [3.05, 3.63) is 66.2 Å². The molecule has 1 N–H and O–H groups in total. The molecule has 1 saturated heterocycles. The molecule has 2 aromatic carbocycles. The molecule has 0 aromatic heterocycles. The molecule has 5 rings (SSSR count). The highest BCUT2D eigenvalue weighted by Gasteiger charge is 2.59. The lowest BCUT2D eigenvalue weighted by Crippen LogP contribution is -2.32. The molecule has 1 aliphatic heterocycles. The second-order valence-corrected chi connectivity index (χ2v) is 7.74. The Morgan fingerprint density at radius 1 is 0.931 bits per heavy atom. The second kappa shape index (κ2) is 6.58. The van der Waals surface area contributed by atoms with E-state index in [1.807, 2.05) is 0 Å². The van der Waals surface area contributed by atoms with Crippen LogP contribution in [-0.4, -0.2) is 24.8 Å². The fraction of sp³-hybridized carbons (Fsp3) is 0.261. The van der Waals surface area contributed by atoms with Crippen LogP contribution in [0.15, 0.2) is 60.7 Å². The second-order valence-electron chi connectivity index (χ2n) is 7.74. The molecule has 1 saturated carbocycles. The molecule has 6 nitrogen and oxygen atoms in total. The topological polar surface area (TPSA) is 75.7 Å². The van der Waals surface area contributed by atoms with Gasteiger partial charge in [-0.25, -0.2) is 0 Å². The summed E-state index contributed by atoms with van der Waals surface area (Å²) >= 11 is 0. The Bertz CT molecular complexity index is 996. The Morgan fingerprint density at radius 3 is 2.07 bits per heavy atom. The van der Waals surface area contributed by atoms with Crippen molar-refractivity contribution in [3.63, 3.8) is 0 Å². The molecule has 6 heteroatoms. The van der Waals surface area contributed by atoms with Crippen LogP contribution >= 0.6 is 0 Å². The van der Waals surface area contributed by atoms with Crippen LogP contribution in [-0.2, 0) is 9.59 Å². The van der Waals surface area contributed by atoms with Crippen LogP contribution in [0.4, 0.5) is 11.4 Å². The van der Waals surface area contributed by atoms with Gasteiger partial charge in [-0.3, -0.25) is 19.3 Å². The van der Waals surface area contributed by atoms with Crippen LogP contribution in [0.1, 0.15) is 16.8 Å². The average Bonchev–Trinajstić information content (AvgIpc) is 3.42. The number of carbonyl (C=O) groups is 3. The number of rotatable bonds is 4. The molecule has 0 radical (unpaired) electrons. The molecule has 1 heterocycles. The van der Waals surface area contributed by atoms with Crippen LogP contribution in [0.2, 0.25) is 0 Å². The number of anilines is 2. The molecular weight excluding hydrogens is 368 g/mol. The van der Waals surface area contributed by atoms with Crippen LogP contribution in [0.25, 0.3) is 0 Å². The molecule has 29 heavy (non-hydrogen) atoms.